The Labute approximate surface area is 127 Å². The molecule has 0 bridgehead atoms. The Bertz CT molecular complexity index is 520. The van der Waals surface area contributed by atoms with Gasteiger partial charge in [0.05, 0.1) is 12.0 Å². The second-order valence-corrected chi connectivity index (χ2v) is 5.13. The van der Waals surface area contributed by atoms with Gasteiger partial charge in [-0.15, -0.1) is 0 Å². The van der Waals surface area contributed by atoms with Crippen LogP contribution >= 0.6 is 11.8 Å². The summed E-state index contributed by atoms with van der Waals surface area (Å²) in [5.41, 5.74) is 2.12. The molecule has 0 spiro atoms. The molecule has 0 atom stereocenters. The smallest absolute Gasteiger partial charge is 0.241 e. The molecule has 1 rings (SSSR count). The number of amides is 1. The van der Waals surface area contributed by atoms with Crippen molar-refractivity contribution in [3.8, 4) is 6.19 Å². The van der Waals surface area contributed by atoms with Crippen LogP contribution in [0.4, 0.5) is 0 Å². The Balaban J connectivity index is 2.26. The van der Waals surface area contributed by atoms with Gasteiger partial charge in [-0.1, -0.05) is 0 Å². The van der Waals surface area contributed by atoms with Crippen molar-refractivity contribution in [1.29, 1.82) is 5.26 Å². The molecule has 0 fully saturated rings. The minimum Gasteiger partial charge on any atom is -0.358 e. The summed E-state index contributed by atoms with van der Waals surface area (Å²) in [6.07, 6.45) is 3.47. The molecule has 1 aromatic heterocycles. The number of thioether (sulfide) groups is 1. The number of likely N-dealkylation sites (N-methyl/N-ethyl adjacent to an activating group) is 1. The average Bonchev–Trinajstić information content (AvgIpc) is 2.89. The van der Waals surface area contributed by atoms with Crippen LogP contribution in [-0.2, 0) is 10.5 Å². The SMILES string of the molecule is CNC(=O)CN=C(NC#N)NCCSCc1nc[nH]c1C. The lowest BCUT2D eigenvalue weighted by atomic mass is 10.4. The number of hydrogen-bond donors (Lipinski definition) is 4. The van der Waals surface area contributed by atoms with E-state index in [-0.39, 0.29) is 12.5 Å². The van der Waals surface area contributed by atoms with Gasteiger partial charge in [0.2, 0.25) is 11.9 Å². The van der Waals surface area contributed by atoms with Crippen molar-refractivity contribution in [2.45, 2.75) is 12.7 Å². The molecule has 0 saturated carbocycles. The van der Waals surface area contributed by atoms with Gasteiger partial charge in [0.25, 0.3) is 0 Å². The van der Waals surface area contributed by atoms with Crippen LogP contribution in [0.5, 0.6) is 0 Å². The Morgan fingerprint density at radius 3 is 3.05 bits per heavy atom. The zero-order chi connectivity index (χ0) is 15.5. The van der Waals surface area contributed by atoms with Crippen LogP contribution in [0.3, 0.4) is 0 Å². The molecule has 0 unspecified atom stereocenters. The first-order valence-electron chi connectivity index (χ1n) is 6.38. The molecule has 0 radical (unpaired) electrons. The molecule has 9 heteroatoms. The molecule has 4 N–H and O–H groups in total. The van der Waals surface area contributed by atoms with Crippen molar-refractivity contribution in [3.63, 3.8) is 0 Å². The molecular weight excluding hydrogens is 290 g/mol. The van der Waals surface area contributed by atoms with Crippen molar-refractivity contribution >= 4 is 23.6 Å². The van der Waals surface area contributed by atoms with Gasteiger partial charge in [-0.25, -0.2) is 9.98 Å². The fourth-order valence-corrected chi connectivity index (χ4v) is 2.24. The lowest BCUT2D eigenvalue weighted by Crippen LogP contribution is -2.37. The summed E-state index contributed by atoms with van der Waals surface area (Å²) in [7, 11) is 1.54. The largest absolute Gasteiger partial charge is 0.358 e. The van der Waals surface area contributed by atoms with Crippen LogP contribution in [0, 0.1) is 18.4 Å². The van der Waals surface area contributed by atoms with Crippen molar-refractivity contribution in [1.82, 2.24) is 25.9 Å². The minimum absolute atomic E-state index is 0.0207. The molecule has 0 saturated heterocycles. The molecule has 1 aromatic rings. The summed E-state index contributed by atoms with van der Waals surface area (Å²) >= 11 is 1.72. The van der Waals surface area contributed by atoms with E-state index in [0.717, 1.165) is 22.9 Å². The molecule has 1 heterocycles. The van der Waals surface area contributed by atoms with Gasteiger partial charge in [-0.05, 0) is 6.92 Å². The number of H-pyrrole nitrogens is 1. The molecular formula is C12H19N7OS. The molecule has 0 aliphatic carbocycles. The van der Waals surface area contributed by atoms with E-state index in [2.05, 4.69) is 30.9 Å². The van der Waals surface area contributed by atoms with E-state index in [4.69, 9.17) is 5.26 Å². The highest BCUT2D eigenvalue weighted by Crippen LogP contribution is 2.11. The zero-order valence-electron chi connectivity index (χ0n) is 12.1. The Kier molecular flexibility index (Phi) is 7.74. The van der Waals surface area contributed by atoms with E-state index in [1.807, 2.05) is 6.92 Å². The summed E-state index contributed by atoms with van der Waals surface area (Å²) in [5.74, 6) is 1.75. The van der Waals surface area contributed by atoms with Crippen LogP contribution < -0.4 is 16.0 Å². The van der Waals surface area contributed by atoms with E-state index >= 15 is 0 Å². The monoisotopic (exact) mass is 309 g/mol. The standard InChI is InChI=1S/C12H19N7OS/c1-9-10(19-8-18-9)6-21-4-3-15-12(17-7-13)16-5-11(20)14-2/h8H,3-6H2,1-2H3,(H,14,20)(H,18,19)(H2,15,16,17). The van der Waals surface area contributed by atoms with Crippen LogP contribution in [-0.4, -0.2) is 47.7 Å². The number of carbonyl (C=O) groups is 1. The topological polar surface area (TPSA) is 118 Å². The van der Waals surface area contributed by atoms with E-state index in [1.165, 1.54) is 7.05 Å². The fraction of sp³-hybridized carbons (Fsp3) is 0.500. The number of imidazole rings is 1. The Morgan fingerprint density at radius 1 is 1.62 bits per heavy atom. The predicted molar refractivity (Wildman–Crippen MR) is 82.6 cm³/mol. The lowest BCUT2D eigenvalue weighted by Gasteiger charge is -2.07. The lowest BCUT2D eigenvalue weighted by molar-refractivity contribution is -0.119. The fourth-order valence-electron chi connectivity index (χ4n) is 1.37. The van der Waals surface area contributed by atoms with Crippen LogP contribution in [0.2, 0.25) is 0 Å². The molecule has 8 nitrogen and oxygen atoms in total. The number of aryl methyl sites for hydroxylation is 1. The number of nitriles is 1. The molecule has 21 heavy (non-hydrogen) atoms. The first-order chi connectivity index (χ1) is 10.2. The number of nitrogens with one attached hydrogen (secondary N) is 4. The van der Waals surface area contributed by atoms with Gasteiger partial charge in [0.15, 0.2) is 6.19 Å². The third kappa shape index (κ3) is 6.67. The first-order valence-corrected chi connectivity index (χ1v) is 7.53. The maximum absolute atomic E-state index is 11.1. The highest BCUT2D eigenvalue weighted by Gasteiger charge is 2.02. The number of aliphatic imine (C=N–C) groups is 1. The summed E-state index contributed by atoms with van der Waals surface area (Å²) in [5, 5.41) is 16.5. The van der Waals surface area contributed by atoms with Gasteiger partial charge >= 0.3 is 0 Å². The normalized spacial score (nSPS) is 10.8. The van der Waals surface area contributed by atoms with Gasteiger partial charge in [0, 0.05) is 30.8 Å². The van der Waals surface area contributed by atoms with Crippen molar-refractivity contribution in [2.75, 3.05) is 25.9 Å². The highest BCUT2D eigenvalue weighted by molar-refractivity contribution is 7.98. The summed E-state index contributed by atoms with van der Waals surface area (Å²) in [6.45, 7) is 2.60. The van der Waals surface area contributed by atoms with Crippen LogP contribution in [0.1, 0.15) is 11.4 Å². The number of carbonyl (C=O) groups excluding carboxylic acids is 1. The molecule has 0 aliphatic rings. The quantitative estimate of drug-likeness (QED) is 0.181. The van der Waals surface area contributed by atoms with E-state index in [0.29, 0.717) is 12.5 Å². The summed E-state index contributed by atoms with van der Waals surface area (Å²) in [6, 6.07) is 0. The molecule has 0 aromatic carbocycles. The molecule has 0 aliphatic heterocycles. The van der Waals surface area contributed by atoms with Crippen LogP contribution in [0.25, 0.3) is 0 Å². The second-order valence-electron chi connectivity index (χ2n) is 4.03. The van der Waals surface area contributed by atoms with Crippen LogP contribution in [0.15, 0.2) is 11.3 Å². The summed E-state index contributed by atoms with van der Waals surface area (Å²) < 4.78 is 0. The van der Waals surface area contributed by atoms with Crippen molar-refractivity contribution < 1.29 is 4.79 Å². The Morgan fingerprint density at radius 2 is 2.43 bits per heavy atom. The number of nitrogens with zero attached hydrogens (tertiary/aromatic N) is 3. The first kappa shape index (κ1) is 16.8. The average molecular weight is 309 g/mol. The van der Waals surface area contributed by atoms with Crippen molar-refractivity contribution in [3.05, 3.63) is 17.7 Å². The number of guanidine groups is 1. The van der Waals surface area contributed by atoms with Gasteiger partial charge in [-0.2, -0.15) is 17.0 Å². The maximum Gasteiger partial charge on any atom is 0.241 e. The minimum atomic E-state index is -0.211. The number of hydrogen-bond acceptors (Lipinski definition) is 5. The van der Waals surface area contributed by atoms with Gasteiger partial charge in [0.1, 0.15) is 6.54 Å². The number of rotatable bonds is 7. The number of aromatic nitrogens is 2. The van der Waals surface area contributed by atoms with Gasteiger partial charge < -0.3 is 15.6 Å². The summed E-state index contributed by atoms with van der Waals surface area (Å²) in [4.78, 5) is 22.3. The zero-order valence-corrected chi connectivity index (χ0v) is 12.9. The van der Waals surface area contributed by atoms with E-state index < -0.39 is 0 Å². The van der Waals surface area contributed by atoms with E-state index in [1.54, 1.807) is 24.3 Å². The highest BCUT2D eigenvalue weighted by atomic mass is 32.2. The maximum atomic E-state index is 11.1. The van der Waals surface area contributed by atoms with Gasteiger partial charge in [-0.3, -0.25) is 10.1 Å². The predicted octanol–water partition coefficient (Wildman–Crippen LogP) is -0.286. The Hall–Kier alpha value is -2.21. The number of aromatic amines is 1. The van der Waals surface area contributed by atoms with Crippen molar-refractivity contribution in [2.24, 2.45) is 4.99 Å². The second kappa shape index (κ2) is 9.66. The third-order valence-corrected chi connectivity index (χ3v) is 3.52. The van der Waals surface area contributed by atoms with E-state index in [9.17, 15) is 4.79 Å². The molecule has 1 amide bonds. The molecule has 114 valence electrons. The third-order valence-electron chi connectivity index (χ3n) is 2.55.